The molecule has 0 aromatic heterocycles. The van der Waals surface area contributed by atoms with Gasteiger partial charge in [-0.25, -0.2) is 0 Å². The lowest BCUT2D eigenvalue weighted by atomic mass is 9.85. The van der Waals surface area contributed by atoms with Gasteiger partial charge in [0, 0.05) is 19.1 Å². The van der Waals surface area contributed by atoms with E-state index in [2.05, 4.69) is 5.32 Å². The van der Waals surface area contributed by atoms with Crippen LogP contribution in [0, 0.1) is 0 Å². The minimum Gasteiger partial charge on any atom is -0.488 e. The highest BCUT2D eigenvalue weighted by Crippen LogP contribution is 2.28. The molecule has 16 heavy (non-hydrogen) atoms. The van der Waals surface area contributed by atoms with E-state index in [-0.39, 0.29) is 12.2 Å². The minimum absolute atomic E-state index is 0.176. The van der Waals surface area contributed by atoms with Crippen LogP contribution in [0.5, 0.6) is 5.75 Å². The lowest BCUT2D eigenvalue weighted by molar-refractivity contribution is -0.103. The predicted molar refractivity (Wildman–Crippen MR) is 63.7 cm³/mol. The van der Waals surface area contributed by atoms with E-state index >= 15 is 0 Å². The molecule has 1 saturated carbocycles. The molecule has 0 saturated heterocycles. The van der Waals surface area contributed by atoms with Crippen molar-refractivity contribution >= 4 is 0 Å². The van der Waals surface area contributed by atoms with Crippen LogP contribution in [0.15, 0.2) is 30.3 Å². The highest BCUT2D eigenvalue weighted by Gasteiger charge is 2.42. The number of nitrogens with one attached hydrogen (secondary N) is 1. The molecule has 1 aromatic carbocycles. The zero-order chi connectivity index (χ0) is 11.4. The average molecular weight is 221 g/mol. The summed E-state index contributed by atoms with van der Waals surface area (Å²) in [6.07, 6.45) is 1.37. The molecular weight excluding hydrogens is 202 g/mol. The Morgan fingerprint density at radius 1 is 1.31 bits per heavy atom. The van der Waals surface area contributed by atoms with Crippen molar-refractivity contribution in [3.8, 4) is 5.75 Å². The molecule has 1 N–H and O–H groups in total. The monoisotopic (exact) mass is 221 g/mol. The van der Waals surface area contributed by atoms with Gasteiger partial charge in [0.05, 0.1) is 0 Å². The molecule has 1 aromatic rings. The number of likely N-dealkylation sites (N-methyl/N-ethyl adjacent to an activating group) is 1. The molecule has 3 heteroatoms. The standard InChI is InChI=1S/C13H19NO2/c1-3-15-13-11(14-2)9-12(13)16-10-7-5-4-6-8-10/h4-8,11-14H,3,9H2,1-2H3. The van der Waals surface area contributed by atoms with E-state index < -0.39 is 0 Å². The average Bonchev–Trinajstić information content (AvgIpc) is 2.32. The van der Waals surface area contributed by atoms with Crippen LogP contribution in [0.4, 0.5) is 0 Å². The molecule has 3 nitrogen and oxygen atoms in total. The molecule has 1 fully saturated rings. The molecule has 0 heterocycles. The number of hydrogen-bond acceptors (Lipinski definition) is 3. The van der Waals surface area contributed by atoms with Gasteiger partial charge < -0.3 is 14.8 Å². The molecule has 0 aliphatic heterocycles. The van der Waals surface area contributed by atoms with Crippen molar-refractivity contribution in [2.45, 2.75) is 31.6 Å². The van der Waals surface area contributed by atoms with Crippen molar-refractivity contribution in [1.29, 1.82) is 0 Å². The van der Waals surface area contributed by atoms with Gasteiger partial charge in [0.1, 0.15) is 18.0 Å². The lowest BCUT2D eigenvalue weighted by Gasteiger charge is -2.43. The second-order valence-electron chi connectivity index (χ2n) is 4.02. The van der Waals surface area contributed by atoms with Crippen LogP contribution in [0.2, 0.25) is 0 Å². The first-order valence-electron chi connectivity index (χ1n) is 5.85. The Kier molecular flexibility index (Phi) is 3.80. The van der Waals surface area contributed by atoms with Gasteiger partial charge in [-0.1, -0.05) is 18.2 Å². The first-order valence-corrected chi connectivity index (χ1v) is 5.85. The van der Waals surface area contributed by atoms with Crippen molar-refractivity contribution in [3.05, 3.63) is 30.3 Å². The van der Waals surface area contributed by atoms with Crippen LogP contribution in [0.1, 0.15) is 13.3 Å². The summed E-state index contributed by atoms with van der Waals surface area (Å²) in [4.78, 5) is 0. The number of benzene rings is 1. The molecule has 88 valence electrons. The van der Waals surface area contributed by atoms with E-state index in [1.807, 2.05) is 44.3 Å². The lowest BCUT2D eigenvalue weighted by Crippen LogP contribution is -2.60. The van der Waals surface area contributed by atoms with E-state index in [1.165, 1.54) is 0 Å². The van der Waals surface area contributed by atoms with Gasteiger partial charge in [0.2, 0.25) is 0 Å². The van der Waals surface area contributed by atoms with Crippen molar-refractivity contribution < 1.29 is 9.47 Å². The number of hydrogen-bond donors (Lipinski definition) is 1. The number of rotatable bonds is 5. The Morgan fingerprint density at radius 2 is 2.06 bits per heavy atom. The third kappa shape index (κ3) is 2.36. The van der Waals surface area contributed by atoms with Gasteiger partial charge in [-0.05, 0) is 26.1 Å². The van der Waals surface area contributed by atoms with E-state index in [1.54, 1.807) is 0 Å². The van der Waals surface area contributed by atoms with Crippen molar-refractivity contribution in [2.24, 2.45) is 0 Å². The maximum absolute atomic E-state index is 5.88. The Bertz CT molecular complexity index is 315. The first kappa shape index (κ1) is 11.4. The Hall–Kier alpha value is -1.06. The molecule has 3 atom stereocenters. The normalized spacial score (nSPS) is 28.5. The SMILES string of the molecule is CCOC1C(NC)CC1Oc1ccccc1. The largest absolute Gasteiger partial charge is 0.488 e. The smallest absolute Gasteiger partial charge is 0.128 e. The van der Waals surface area contributed by atoms with Crippen LogP contribution in [-0.4, -0.2) is 31.9 Å². The summed E-state index contributed by atoms with van der Waals surface area (Å²) in [5.74, 6) is 0.923. The van der Waals surface area contributed by atoms with Crippen LogP contribution < -0.4 is 10.1 Å². The summed E-state index contributed by atoms with van der Waals surface area (Å²) in [7, 11) is 1.97. The van der Waals surface area contributed by atoms with E-state index in [0.717, 1.165) is 18.8 Å². The zero-order valence-corrected chi connectivity index (χ0v) is 9.85. The molecular formula is C13H19NO2. The highest BCUT2D eigenvalue weighted by molar-refractivity contribution is 5.22. The fourth-order valence-corrected chi connectivity index (χ4v) is 2.07. The van der Waals surface area contributed by atoms with Gasteiger partial charge in [-0.15, -0.1) is 0 Å². The maximum Gasteiger partial charge on any atom is 0.128 e. The Labute approximate surface area is 96.8 Å². The summed E-state index contributed by atoms with van der Waals surface area (Å²) in [5, 5.41) is 3.25. The number of ether oxygens (including phenoxy) is 2. The van der Waals surface area contributed by atoms with E-state index in [9.17, 15) is 0 Å². The predicted octanol–water partition coefficient (Wildman–Crippen LogP) is 1.83. The minimum atomic E-state index is 0.176. The Balaban J connectivity index is 1.91. The van der Waals surface area contributed by atoms with Gasteiger partial charge in [-0.3, -0.25) is 0 Å². The summed E-state index contributed by atoms with van der Waals surface area (Å²) < 4.78 is 11.6. The third-order valence-electron chi connectivity index (χ3n) is 3.01. The van der Waals surface area contributed by atoms with Gasteiger partial charge in [-0.2, -0.15) is 0 Å². The fraction of sp³-hybridized carbons (Fsp3) is 0.538. The zero-order valence-electron chi connectivity index (χ0n) is 9.85. The Morgan fingerprint density at radius 3 is 2.69 bits per heavy atom. The van der Waals surface area contributed by atoms with Crippen molar-refractivity contribution in [2.75, 3.05) is 13.7 Å². The summed E-state index contributed by atoms with van der Waals surface area (Å²) in [6, 6.07) is 10.3. The van der Waals surface area contributed by atoms with E-state index in [0.29, 0.717) is 6.04 Å². The molecule has 0 amide bonds. The van der Waals surface area contributed by atoms with Crippen LogP contribution in [-0.2, 0) is 4.74 Å². The second-order valence-corrected chi connectivity index (χ2v) is 4.02. The molecule has 1 aliphatic rings. The van der Waals surface area contributed by atoms with Gasteiger partial charge >= 0.3 is 0 Å². The first-order chi connectivity index (χ1) is 7.85. The molecule has 0 bridgehead atoms. The third-order valence-corrected chi connectivity index (χ3v) is 3.01. The summed E-state index contributed by atoms with van der Waals surface area (Å²) in [5.41, 5.74) is 0. The summed E-state index contributed by atoms with van der Waals surface area (Å²) in [6.45, 7) is 2.75. The quantitative estimate of drug-likeness (QED) is 0.823. The molecule has 0 radical (unpaired) electrons. The van der Waals surface area contributed by atoms with Crippen molar-refractivity contribution in [3.63, 3.8) is 0 Å². The highest BCUT2D eigenvalue weighted by atomic mass is 16.5. The maximum atomic E-state index is 5.88. The topological polar surface area (TPSA) is 30.5 Å². The van der Waals surface area contributed by atoms with Crippen LogP contribution in [0.25, 0.3) is 0 Å². The fourth-order valence-electron chi connectivity index (χ4n) is 2.07. The second kappa shape index (κ2) is 5.32. The van der Waals surface area contributed by atoms with Gasteiger partial charge in [0.15, 0.2) is 0 Å². The molecule has 0 spiro atoms. The van der Waals surface area contributed by atoms with Crippen molar-refractivity contribution in [1.82, 2.24) is 5.32 Å². The molecule has 3 unspecified atom stereocenters. The van der Waals surface area contributed by atoms with Crippen LogP contribution in [0.3, 0.4) is 0 Å². The molecule has 1 aliphatic carbocycles. The van der Waals surface area contributed by atoms with E-state index in [4.69, 9.17) is 9.47 Å². The van der Waals surface area contributed by atoms with Gasteiger partial charge in [0.25, 0.3) is 0 Å². The molecule has 2 rings (SSSR count). The number of para-hydroxylation sites is 1. The summed E-state index contributed by atoms with van der Waals surface area (Å²) >= 11 is 0. The van der Waals surface area contributed by atoms with Crippen LogP contribution >= 0.6 is 0 Å².